The first-order valence-electron chi connectivity index (χ1n) is 9.29. The number of aryl methyl sites for hydroxylation is 1. The molecule has 29 heavy (non-hydrogen) atoms. The molecule has 144 valence electrons. The molecule has 0 unspecified atom stereocenters. The predicted molar refractivity (Wildman–Crippen MR) is 113 cm³/mol. The highest BCUT2D eigenvalue weighted by Crippen LogP contribution is 2.32. The molecule has 0 saturated heterocycles. The minimum absolute atomic E-state index is 0.00640. The SMILES string of the molecule is Cc1nc2ccc(N(C)c3ccnc(Nc4cccc5c4CC(=O)N5)n3)cc2[nH]1. The molecule has 3 heterocycles. The lowest BCUT2D eigenvalue weighted by molar-refractivity contribution is -0.115. The lowest BCUT2D eigenvalue weighted by atomic mass is 10.1. The standard InChI is InChI=1S/C21H19N7O/c1-12-23-17-7-6-13(10-18(17)24-12)28(2)19-8-9-22-21(27-19)26-16-5-3-4-15-14(16)11-20(29)25-15/h3-10H,11H2,1-2H3,(H,23,24)(H,25,29)(H,22,26,27). The Kier molecular flexibility index (Phi) is 3.90. The van der Waals surface area contributed by atoms with E-state index in [-0.39, 0.29) is 5.91 Å². The van der Waals surface area contributed by atoms with Gasteiger partial charge >= 0.3 is 0 Å². The van der Waals surface area contributed by atoms with Crippen molar-refractivity contribution in [3.05, 3.63) is 60.0 Å². The molecule has 2 aromatic carbocycles. The van der Waals surface area contributed by atoms with E-state index in [1.54, 1.807) is 6.20 Å². The number of benzene rings is 2. The van der Waals surface area contributed by atoms with E-state index in [2.05, 4.69) is 30.6 Å². The average Bonchev–Trinajstić information content (AvgIpc) is 3.28. The molecule has 4 aromatic rings. The van der Waals surface area contributed by atoms with Gasteiger partial charge in [0.2, 0.25) is 11.9 Å². The van der Waals surface area contributed by atoms with Crippen LogP contribution >= 0.6 is 0 Å². The van der Waals surface area contributed by atoms with Gasteiger partial charge in [-0.25, -0.2) is 9.97 Å². The molecule has 1 amide bonds. The van der Waals surface area contributed by atoms with Gasteiger partial charge in [0.25, 0.3) is 0 Å². The Morgan fingerprint density at radius 3 is 2.93 bits per heavy atom. The fraction of sp³-hybridized carbons (Fsp3) is 0.143. The molecule has 5 rings (SSSR count). The Morgan fingerprint density at radius 2 is 2.03 bits per heavy atom. The minimum atomic E-state index is -0.00640. The molecule has 0 atom stereocenters. The van der Waals surface area contributed by atoms with Crippen LogP contribution in [0.15, 0.2) is 48.7 Å². The van der Waals surface area contributed by atoms with Crippen molar-refractivity contribution in [2.45, 2.75) is 13.3 Å². The number of fused-ring (bicyclic) bond motifs is 2. The first-order valence-corrected chi connectivity index (χ1v) is 9.29. The van der Waals surface area contributed by atoms with Gasteiger partial charge in [0.15, 0.2) is 0 Å². The summed E-state index contributed by atoms with van der Waals surface area (Å²) < 4.78 is 0. The summed E-state index contributed by atoms with van der Waals surface area (Å²) in [6.45, 7) is 1.94. The smallest absolute Gasteiger partial charge is 0.229 e. The van der Waals surface area contributed by atoms with Gasteiger partial charge in [-0.1, -0.05) is 6.07 Å². The van der Waals surface area contributed by atoms with Crippen molar-refractivity contribution in [1.29, 1.82) is 0 Å². The summed E-state index contributed by atoms with van der Waals surface area (Å²) in [6, 6.07) is 13.6. The van der Waals surface area contributed by atoms with E-state index in [1.807, 2.05) is 61.3 Å². The van der Waals surface area contributed by atoms with Crippen LogP contribution in [-0.2, 0) is 11.2 Å². The lowest BCUT2D eigenvalue weighted by Crippen LogP contribution is -2.12. The second-order valence-corrected chi connectivity index (χ2v) is 7.00. The summed E-state index contributed by atoms with van der Waals surface area (Å²) in [5.41, 5.74) is 5.50. The molecule has 2 aromatic heterocycles. The lowest BCUT2D eigenvalue weighted by Gasteiger charge is -2.19. The van der Waals surface area contributed by atoms with Gasteiger partial charge in [-0.15, -0.1) is 0 Å². The summed E-state index contributed by atoms with van der Waals surface area (Å²) in [6.07, 6.45) is 2.06. The number of nitrogens with zero attached hydrogens (tertiary/aromatic N) is 4. The van der Waals surface area contributed by atoms with Crippen molar-refractivity contribution in [2.75, 3.05) is 22.6 Å². The summed E-state index contributed by atoms with van der Waals surface area (Å²) in [5, 5.41) is 6.10. The minimum Gasteiger partial charge on any atom is -0.342 e. The highest BCUT2D eigenvalue weighted by atomic mass is 16.1. The van der Waals surface area contributed by atoms with Crippen LogP contribution in [0.25, 0.3) is 11.0 Å². The van der Waals surface area contributed by atoms with Crippen LogP contribution in [0.5, 0.6) is 0 Å². The van der Waals surface area contributed by atoms with E-state index >= 15 is 0 Å². The second kappa shape index (κ2) is 6.59. The first-order chi connectivity index (χ1) is 14.1. The van der Waals surface area contributed by atoms with E-state index in [4.69, 9.17) is 0 Å². The Labute approximate surface area is 167 Å². The number of carbonyl (C=O) groups excluding carboxylic acids is 1. The monoisotopic (exact) mass is 385 g/mol. The second-order valence-electron chi connectivity index (χ2n) is 7.00. The van der Waals surface area contributed by atoms with Crippen LogP contribution < -0.4 is 15.5 Å². The molecule has 0 bridgehead atoms. The van der Waals surface area contributed by atoms with Crippen LogP contribution in [0.3, 0.4) is 0 Å². The Bertz CT molecular complexity index is 1250. The van der Waals surface area contributed by atoms with Crippen molar-refractivity contribution in [2.24, 2.45) is 0 Å². The van der Waals surface area contributed by atoms with Crippen molar-refractivity contribution in [1.82, 2.24) is 19.9 Å². The molecule has 0 spiro atoms. The van der Waals surface area contributed by atoms with Gasteiger partial charge in [0.1, 0.15) is 11.6 Å². The number of hydrogen-bond donors (Lipinski definition) is 3. The number of hydrogen-bond acceptors (Lipinski definition) is 6. The summed E-state index contributed by atoms with van der Waals surface area (Å²) in [5.74, 6) is 2.10. The van der Waals surface area contributed by atoms with Gasteiger partial charge in [-0.05, 0) is 43.3 Å². The normalized spacial score (nSPS) is 12.7. The number of rotatable bonds is 4. The Hall–Kier alpha value is -3.94. The van der Waals surface area contributed by atoms with Gasteiger partial charge in [-0.3, -0.25) is 4.79 Å². The van der Waals surface area contributed by atoms with E-state index in [9.17, 15) is 4.79 Å². The number of carbonyl (C=O) groups is 1. The highest BCUT2D eigenvalue weighted by molar-refractivity contribution is 6.01. The van der Waals surface area contributed by atoms with Crippen LogP contribution in [-0.4, -0.2) is 32.9 Å². The van der Waals surface area contributed by atoms with E-state index in [0.717, 1.165) is 45.3 Å². The molecule has 1 aliphatic rings. The molecule has 8 heteroatoms. The number of H-pyrrole nitrogens is 1. The van der Waals surface area contributed by atoms with Crippen LogP contribution in [0, 0.1) is 6.92 Å². The fourth-order valence-corrected chi connectivity index (χ4v) is 3.55. The summed E-state index contributed by atoms with van der Waals surface area (Å²) in [4.78, 5) is 30.4. The Morgan fingerprint density at radius 1 is 1.14 bits per heavy atom. The number of anilines is 5. The fourth-order valence-electron chi connectivity index (χ4n) is 3.55. The first kappa shape index (κ1) is 17.2. The molecule has 0 radical (unpaired) electrons. The molecule has 0 fully saturated rings. The maximum absolute atomic E-state index is 11.7. The van der Waals surface area contributed by atoms with E-state index in [0.29, 0.717) is 12.4 Å². The van der Waals surface area contributed by atoms with Crippen molar-refractivity contribution in [3.63, 3.8) is 0 Å². The zero-order valence-electron chi connectivity index (χ0n) is 16.0. The molecule has 1 aliphatic heterocycles. The number of aromatic amines is 1. The van der Waals surface area contributed by atoms with Gasteiger partial charge < -0.3 is 20.5 Å². The zero-order valence-corrected chi connectivity index (χ0v) is 16.0. The number of aromatic nitrogens is 4. The summed E-state index contributed by atoms with van der Waals surface area (Å²) >= 11 is 0. The molecule has 3 N–H and O–H groups in total. The van der Waals surface area contributed by atoms with Gasteiger partial charge in [0.05, 0.1) is 17.5 Å². The third-order valence-electron chi connectivity index (χ3n) is 4.99. The zero-order chi connectivity index (χ0) is 20.0. The maximum atomic E-state index is 11.7. The largest absolute Gasteiger partial charge is 0.342 e. The van der Waals surface area contributed by atoms with Gasteiger partial charge in [-0.2, -0.15) is 4.98 Å². The average molecular weight is 385 g/mol. The van der Waals surface area contributed by atoms with Crippen molar-refractivity contribution in [3.8, 4) is 0 Å². The van der Waals surface area contributed by atoms with E-state index < -0.39 is 0 Å². The predicted octanol–water partition coefficient (Wildman–Crippen LogP) is 3.67. The molecule has 8 nitrogen and oxygen atoms in total. The third-order valence-corrected chi connectivity index (χ3v) is 4.99. The molecule has 0 saturated carbocycles. The quantitative estimate of drug-likeness (QED) is 0.496. The topological polar surface area (TPSA) is 98.8 Å². The molecular weight excluding hydrogens is 366 g/mol. The highest BCUT2D eigenvalue weighted by Gasteiger charge is 2.21. The van der Waals surface area contributed by atoms with Gasteiger partial charge in [0, 0.05) is 35.9 Å². The maximum Gasteiger partial charge on any atom is 0.229 e. The van der Waals surface area contributed by atoms with Crippen LogP contribution in [0.1, 0.15) is 11.4 Å². The molecule has 0 aliphatic carbocycles. The number of imidazole rings is 1. The third kappa shape index (κ3) is 3.14. The van der Waals surface area contributed by atoms with Crippen LogP contribution in [0.4, 0.5) is 28.8 Å². The number of nitrogens with one attached hydrogen (secondary N) is 3. The Balaban J connectivity index is 1.44. The van der Waals surface area contributed by atoms with Crippen molar-refractivity contribution >= 4 is 45.8 Å². The number of amides is 1. The van der Waals surface area contributed by atoms with Crippen molar-refractivity contribution < 1.29 is 4.79 Å². The van der Waals surface area contributed by atoms with Crippen LogP contribution in [0.2, 0.25) is 0 Å². The molecular formula is C21H19N7O. The van der Waals surface area contributed by atoms with E-state index in [1.165, 1.54) is 0 Å². The summed E-state index contributed by atoms with van der Waals surface area (Å²) in [7, 11) is 1.96.